The Bertz CT molecular complexity index is 351. The minimum atomic E-state index is -1.32. The number of hydrogen-bond acceptors (Lipinski definition) is 6. The van der Waals surface area contributed by atoms with Crippen LogP contribution in [0.25, 0.3) is 0 Å². The Morgan fingerprint density at radius 2 is 1.78 bits per heavy atom. The van der Waals surface area contributed by atoms with Crippen molar-refractivity contribution in [3.63, 3.8) is 0 Å². The van der Waals surface area contributed by atoms with E-state index in [2.05, 4.69) is 0 Å². The fourth-order valence-corrected chi connectivity index (χ4v) is 3.01. The number of aliphatic carboxylic acids is 1. The van der Waals surface area contributed by atoms with Crippen molar-refractivity contribution in [2.75, 3.05) is 5.75 Å². The fraction of sp³-hybridized carbons (Fsp3) is 0.600. The average Bonchev–Trinajstić information content (AvgIpc) is 2.60. The Morgan fingerprint density at radius 3 is 2.06 bits per heavy atom. The molecule has 2 unspecified atom stereocenters. The van der Waals surface area contributed by atoms with Gasteiger partial charge in [-0.15, -0.1) is 11.8 Å². The van der Waals surface area contributed by atoms with Gasteiger partial charge in [-0.2, -0.15) is 0 Å². The van der Waals surface area contributed by atoms with E-state index in [1.165, 1.54) is 13.8 Å². The fourth-order valence-electron chi connectivity index (χ4n) is 1.65. The van der Waals surface area contributed by atoms with Crippen LogP contribution in [-0.2, 0) is 19.2 Å². The molecule has 1 rings (SSSR count). The van der Waals surface area contributed by atoms with Gasteiger partial charge in [0.05, 0.1) is 12.0 Å². The van der Waals surface area contributed by atoms with Gasteiger partial charge >= 0.3 is 29.6 Å². The Labute approximate surface area is 132 Å². The summed E-state index contributed by atoms with van der Waals surface area (Å²) >= 11 is 1.16. The summed E-state index contributed by atoms with van der Waals surface area (Å²) < 4.78 is 0. The maximum absolute atomic E-state index is 11.4. The largest absolute Gasteiger partial charge is 1.00 e. The van der Waals surface area contributed by atoms with E-state index in [1.54, 1.807) is 6.92 Å². The summed E-state index contributed by atoms with van der Waals surface area (Å²) in [5.41, 5.74) is 0. The number of carbonyl (C=O) groups is 4. The number of rotatable bonds is 2. The van der Waals surface area contributed by atoms with Crippen LogP contribution in [0, 0.1) is 0 Å². The molecule has 8 heteroatoms. The summed E-state index contributed by atoms with van der Waals surface area (Å²) in [6, 6.07) is -1.01. The maximum atomic E-state index is 11.4. The molecule has 0 spiro atoms. The van der Waals surface area contributed by atoms with E-state index in [1.807, 2.05) is 6.79 Å². The molecule has 1 heterocycles. The van der Waals surface area contributed by atoms with Gasteiger partial charge in [0, 0.05) is 12.7 Å². The van der Waals surface area contributed by atoms with Crippen molar-refractivity contribution in [1.82, 2.24) is 4.90 Å². The van der Waals surface area contributed by atoms with E-state index < -0.39 is 22.8 Å². The third kappa shape index (κ3) is 3.81. The first-order valence-electron chi connectivity index (χ1n) is 4.75. The smallest absolute Gasteiger partial charge is 0.548 e. The van der Waals surface area contributed by atoms with Crippen molar-refractivity contribution in [2.45, 2.75) is 31.7 Å². The van der Waals surface area contributed by atoms with E-state index >= 15 is 0 Å². The van der Waals surface area contributed by atoms with Crippen molar-refractivity contribution in [3.8, 4) is 0 Å². The van der Waals surface area contributed by atoms with Crippen LogP contribution >= 0.6 is 11.8 Å². The van der Waals surface area contributed by atoms with Crippen molar-refractivity contribution in [3.05, 3.63) is 0 Å². The van der Waals surface area contributed by atoms with Crippen LogP contribution in [0.15, 0.2) is 0 Å². The van der Waals surface area contributed by atoms with Gasteiger partial charge in [0.2, 0.25) is 5.91 Å². The van der Waals surface area contributed by atoms with Gasteiger partial charge in [0.1, 0.15) is 11.7 Å². The van der Waals surface area contributed by atoms with Crippen LogP contribution < -0.4 is 34.7 Å². The molecule has 96 valence electrons. The number of carbonyl (C=O) groups excluding carboxylic acids is 4. The first-order valence-corrected chi connectivity index (χ1v) is 5.74. The number of Topliss-reactive ketones (excluding diaryl/α,β-unsaturated/α-hetero) is 1. The molecule has 0 N–H and O–H groups in total. The number of carboxylic acids is 1. The monoisotopic (exact) mass is 283 g/mol. The second-order valence-electron chi connectivity index (χ2n) is 3.57. The predicted molar refractivity (Wildman–Crippen MR) is 60.0 cm³/mol. The number of thioether (sulfide) groups is 1. The topological polar surface area (TPSA) is 94.6 Å². The molecule has 0 radical (unpaired) electrons. The Balaban J connectivity index is 0. The summed E-state index contributed by atoms with van der Waals surface area (Å²) in [5, 5.41) is 10.8. The third-order valence-corrected chi connectivity index (χ3v) is 4.09. The quantitative estimate of drug-likeness (QED) is 0.477. The van der Waals surface area contributed by atoms with E-state index in [9.17, 15) is 19.5 Å². The predicted octanol–water partition coefficient (Wildman–Crippen LogP) is -4.18. The van der Waals surface area contributed by atoms with Crippen LogP contribution in [-0.4, -0.2) is 46.0 Å². The first-order chi connectivity index (χ1) is 7.80. The Morgan fingerprint density at radius 1 is 1.33 bits per heavy atom. The number of amides is 1. The summed E-state index contributed by atoms with van der Waals surface area (Å²) in [6.45, 7) is 6.16. The molecule has 0 saturated carbocycles. The standard InChI is InChI=1S/C9H13NO4S.CH2O.Na/c1-5(11)9(3)10(6(2)12)7(4-15-9)8(13)14;1-2;/h7H,4H2,1-3H3,(H,13,14);1H2;/q;;+1/p-1. The molecule has 1 saturated heterocycles. The van der Waals surface area contributed by atoms with E-state index in [0.29, 0.717) is 0 Å². The summed E-state index contributed by atoms with van der Waals surface area (Å²) in [5.74, 6) is -1.78. The molecule has 1 aliphatic rings. The number of hydrogen-bond donors (Lipinski definition) is 0. The molecular weight excluding hydrogens is 269 g/mol. The van der Waals surface area contributed by atoms with Gasteiger partial charge in [-0.25, -0.2) is 0 Å². The molecule has 0 aliphatic carbocycles. The zero-order chi connectivity index (χ0) is 13.8. The number of nitrogens with zero attached hydrogens (tertiary/aromatic N) is 1. The Kier molecular flexibility index (Phi) is 8.80. The van der Waals surface area contributed by atoms with Crippen LogP contribution in [0.5, 0.6) is 0 Å². The number of carboxylic acid groups (broad SMARTS) is 1. The van der Waals surface area contributed by atoms with Gasteiger partial charge in [0.25, 0.3) is 0 Å². The SMILES string of the molecule is C=O.CC(=O)N1C(C(=O)[O-])CSC1(C)C(C)=O.[Na+]. The molecular formula is C10H14NNaO5S. The molecule has 2 atom stereocenters. The summed E-state index contributed by atoms with van der Waals surface area (Å²) in [6.07, 6.45) is 0. The van der Waals surface area contributed by atoms with Gasteiger partial charge in [0.15, 0.2) is 5.78 Å². The molecule has 0 aromatic rings. The molecule has 0 aromatic heterocycles. The average molecular weight is 283 g/mol. The van der Waals surface area contributed by atoms with Gasteiger partial charge in [-0.3, -0.25) is 9.59 Å². The first kappa shape index (κ1) is 20.0. The van der Waals surface area contributed by atoms with Crippen molar-refractivity contribution in [2.24, 2.45) is 0 Å². The van der Waals surface area contributed by atoms with Crippen LogP contribution in [0.1, 0.15) is 20.8 Å². The van der Waals surface area contributed by atoms with Gasteiger partial charge in [-0.1, -0.05) is 0 Å². The van der Waals surface area contributed by atoms with Crippen LogP contribution in [0.4, 0.5) is 0 Å². The second kappa shape index (κ2) is 7.93. The van der Waals surface area contributed by atoms with Crippen molar-refractivity contribution >= 4 is 36.2 Å². The Hall–Kier alpha value is -0.370. The summed E-state index contributed by atoms with van der Waals surface area (Å²) in [7, 11) is 0. The van der Waals surface area contributed by atoms with E-state index in [0.717, 1.165) is 16.7 Å². The molecule has 1 fully saturated rings. The minimum absolute atomic E-state index is 0. The zero-order valence-corrected chi connectivity index (χ0v) is 13.7. The molecule has 0 bridgehead atoms. The zero-order valence-electron chi connectivity index (χ0n) is 10.9. The van der Waals surface area contributed by atoms with E-state index in [4.69, 9.17) is 4.79 Å². The molecule has 0 aromatic carbocycles. The molecule has 18 heavy (non-hydrogen) atoms. The van der Waals surface area contributed by atoms with Crippen LogP contribution in [0.2, 0.25) is 0 Å². The maximum Gasteiger partial charge on any atom is 1.00 e. The number of ketones is 1. The van der Waals surface area contributed by atoms with Crippen molar-refractivity contribution < 1.29 is 53.8 Å². The molecule has 6 nitrogen and oxygen atoms in total. The minimum Gasteiger partial charge on any atom is -0.548 e. The second-order valence-corrected chi connectivity index (χ2v) is 4.99. The van der Waals surface area contributed by atoms with Gasteiger partial charge in [-0.05, 0) is 13.8 Å². The third-order valence-electron chi connectivity index (χ3n) is 2.56. The normalized spacial score (nSPS) is 25.5. The van der Waals surface area contributed by atoms with Crippen LogP contribution in [0.3, 0.4) is 0 Å². The van der Waals surface area contributed by atoms with Gasteiger partial charge < -0.3 is 19.6 Å². The van der Waals surface area contributed by atoms with E-state index in [-0.39, 0.29) is 41.1 Å². The molecule has 1 aliphatic heterocycles. The summed E-state index contributed by atoms with van der Waals surface area (Å²) in [4.78, 5) is 41.6. The molecule has 1 amide bonds. The van der Waals surface area contributed by atoms with Crippen molar-refractivity contribution in [1.29, 1.82) is 0 Å².